The van der Waals surface area contributed by atoms with Crippen LogP contribution in [0.3, 0.4) is 0 Å². The van der Waals surface area contributed by atoms with Gasteiger partial charge in [-0.15, -0.1) is 0 Å². The number of amides is 1. The molecule has 4 rings (SSSR count). The predicted octanol–water partition coefficient (Wildman–Crippen LogP) is 2.19. The first-order chi connectivity index (χ1) is 11.6. The van der Waals surface area contributed by atoms with Gasteiger partial charge in [0.15, 0.2) is 11.9 Å². The van der Waals surface area contributed by atoms with Crippen molar-refractivity contribution in [1.29, 1.82) is 0 Å². The Hall–Kier alpha value is -2.15. The van der Waals surface area contributed by atoms with Gasteiger partial charge in [0.2, 0.25) is 0 Å². The summed E-state index contributed by atoms with van der Waals surface area (Å²) >= 11 is 0. The van der Waals surface area contributed by atoms with Crippen molar-refractivity contribution in [3.63, 3.8) is 0 Å². The summed E-state index contributed by atoms with van der Waals surface area (Å²) in [6, 6.07) is 2.02. The summed E-state index contributed by atoms with van der Waals surface area (Å²) in [6.07, 6.45) is 4.03. The SMILES string of the molecule is Cc1noc([C@H]2CN(C(=O)c3cc4c([nH]3)CCCC4)C[C@@H](C)O2)n1. The quantitative estimate of drug-likeness (QED) is 0.912. The number of ether oxygens (including phenoxy) is 1. The highest BCUT2D eigenvalue weighted by Crippen LogP contribution is 2.27. The van der Waals surface area contributed by atoms with Crippen LogP contribution in [0.4, 0.5) is 0 Å². The molecule has 2 atom stereocenters. The number of aryl methyl sites for hydroxylation is 3. The molecule has 7 nitrogen and oxygen atoms in total. The number of fused-ring (bicyclic) bond motifs is 1. The van der Waals surface area contributed by atoms with Crippen molar-refractivity contribution in [2.45, 2.75) is 51.7 Å². The minimum atomic E-state index is -0.372. The highest BCUT2D eigenvalue weighted by Gasteiger charge is 2.33. The van der Waals surface area contributed by atoms with Crippen LogP contribution >= 0.6 is 0 Å². The Balaban J connectivity index is 1.54. The van der Waals surface area contributed by atoms with E-state index in [0.29, 0.717) is 30.5 Å². The fourth-order valence-corrected chi connectivity index (χ4v) is 3.59. The van der Waals surface area contributed by atoms with Crippen molar-refractivity contribution in [1.82, 2.24) is 20.0 Å². The number of nitrogens with one attached hydrogen (secondary N) is 1. The third-order valence-electron chi connectivity index (χ3n) is 4.71. The lowest BCUT2D eigenvalue weighted by atomic mass is 9.98. The maximum absolute atomic E-state index is 12.9. The van der Waals surface area contributed by atoms with Crippen molar-refractivity contribution in [2.24, 2.45) is 0 Å². The molecule has 0 radical (unpaired) electrons. The molecule has 1 aliphatic heterocycles. The number of hydrogen-bond acceptors (Lipinski definition) is 5. The molecule has 24 heavy (non-hydrogen) atoms. The number of aromatic amines is 1. The number of carbonyl (C=O) groups excluding carboxylic acids is 1. The molecular formula is C17H22N4O3. The van der Waals surface area contributed by atoms with Crippen LogP contribution in [0.15, 0.2) is 10.6 Å². The number of H-pyrrole nitrogens is 1. The number of nitrogens with zero attached hydrogens (tertiary/aromatic N) is 3. The molecule has 0 spiro atoms. The van der Waals surface area contributed by atoms with E-state index >= 15 is 0 Å². The zero-order valence-electron chi connectivity index (χ0n) is 14.0. The van der Waals surface area contributed by atoms with E-state index in [1.807, 2.05) is 17.9 Å². The minimum Gasteiger partial charge on any atom is -0.362 e. The van der Waals surface area contributed by atoms with E-state index in [-0.39, 0.29) is 18.1 Å². The predicted molar refractivity (Wildman–Crippen MR) is 85.7 cm³/mol. The van der Waals surface area contributed by atoms with Crippen LogP contribution in [-0.2, 0) is 17.6 Å². The van der Waals surface area contributed by atoms with Gasteiger partial charge in [0.05, 0.1) is 12.6 Å². The molecule has 0 bridgehead atoms. The molecule has 2 aromatic heterocycles. The van der Waals surface area contributed by atoms with E-state index in [4.69, 9.17) is 9.26 Å². The van der Waals surface area contributed by atoms with E-state index in [1.54, 1.807) is 6.92 Å². The summed E-state index contributed by atoms with van der Waals surface area (Å²) in [5, 5.41) is 3.81. The molecule has 0 aromatic carbocycles. The van der Waals surface area contributed by atoms with Crippen molar-refractivity contribution in [3.05, 3.63) is 34.7 Å². The van der Waals surface area contributed by atoms with Crippen LogP contribution in [-0.4, -0.2) is 45.1 Å². The van der Waals surface area contributed by atoms with Gasteiger partial charge >= 0.3 is 0 Å². The number of hydrogen-bond donors (Lipinski definition) is 1. The van der Waals surface area contributed by atoms with Crippen LogP contribution in [0.25, 0.3) is 0 Å². The molecule has 2 aromatic rings. The minimum absolute atomic E-state index is 0.0146. The first kappa shape index (κ1) is 15.4. The summed E-state index contributed by atoms with van der Waals surface area (Å²) in [5.74, 6) is 1.02. The topological polar surface area (TPSA) is 84.2 Å². The van der Waals surface area contributed by atoms with Gasteiger partial charge in [-0.25, -0.2) is 0 Å². The Kier molecular flexibility index (Phi) is 3.88. The zero-order chi connectivity index (χ0) is 16.7. The zero-order valence-corrected chi connectivity index (χ0v) is 14.0. The Morgan fingerprint density at radius 1 is 1.33 bits per heavy atom. The van der Waals surface area contributed by atoms with E-state index < -0.39 is 0 Å². The second-order valence-electron chi connectivity index (χ2n) is 6.72. The van der Waals surface area contributed by atoms with Crippen LogP contribution in [0, 0.1) is 6.92 Å². The highest BCUT2D eigenvalue weighted by molar-refractivity contribution is 5.93. The molecule has 1 aliphatic carbocycles. The Labute approximate surface area is 140 Å². The van der Waals surface area contributed by atoms with Crippen LogP contribution in [0.5, 0.6) is 0 Å². The van der Waals surface area contributed by atoms with Gasteiger partial charge < -0.3 is 19.1 Å². The standard InChI is InChI=1S/C17H22N4O3/c1-10-8-21(9-15(23-10)16-18-11(2)20-24-16)17(22)14-7-12-5-3-4-6-13(12)19-14/h7,10,15,19H,3-6,8-9H2,1-2H3/t10-,15-/m1/s1. The molecule has 1 amide bonds. The maximum Gasteiger partial charge on any atom is 0.270 e. The lowest BCUT2D eigenvalue weighted by molar-refractivity contribution is -0.0811. The third-order valence-corrected chi connectivity index (χ3v) is 4.71. The number of morpholine rings is 1. The van der Waals surface area contributed by atoms with Gasteiger partial charge in [0.1, 0.15) is 5.69 Å². The monoisotopic (exact) mass is 330 g/mol. The van der Waals surface area contributed by atoms with Gasteiger partial charge in [-0.3, -0.25) is 4.79 Å². The average Bonchev–Trinajstić information content (AvgIpc) is 3.19. The highest BCUT2D eigenvalue weighted by atomic mass is 16.5. The van der Waals surface area contributed by atoms with E-state index in [9.17, 15) is 4.79 Å². The van der Waals surface area contributed by atoms with E-state index in [1.165, 1.54) is 24.1 Å². The normalized spacial score (nSPS) is 24.0. The molecule has 1 N–H and O–H groups in total. The van der Waals surface area contributed by atoms with Gasteiger partial charge in [-0.05, 0) is 51.2 Å². The number of carbonyl (C=O) groups is 1. The largest absolute Gasteiger partial charge is 0.362 e. The van der Waals surface area contributed by atoms with Crippen molar-refractivity contribution >= 4 is 5.91 Å². The Bertz CT molecular complexity index is 727. The van der Waals surface area contributed by atoms with Gasteiger partial charge in [0, 0.05) is 12.2 Å². The van der Waals surface area contributed by atoms with Gasteiger partial charge in [-0.2, -0.15) is 4.98 Å². The Morgan fingerprint density at radius 2 is 2.17 bits per heavy atom. The summed E-state index contributed by atoms with van der Waals surface area (Å²) < 4.78 is 11.1. The molecule has 0 unspecified atom stereocenters. The molecule has 128 valence electrons. The van der Waals surface area contributed by atoms with Gasteiger partial charge in [-0.1, -0.05) is 5.16 Å². The van der Waals surface area contributed by atoms with E-state index in [2.05, 4.69) is 15.1 Å². The summed E-state index contributed by atoms with van der Waals surface area (Å²) in [4.78, 5) is 22.3. The number of rotatable bonds is 2. The van der Waals surface area contributed by atoms with Crippen LogP contribution < -0.4 is 0 Å². The second-order valence-corrected chi connectivity index (χ2v) is 6.72. The van der Waals surface area contributed by atoms with Crippen LogP contribution in [0.1, 0.15) is 59.3 Å². The van der Waals surface area contributed by atoms with Crippen LogP contribution in [0.2, 0.25) is 0 Å². The molecule has 1 saturated heterocycles. The first-order valence-electron chi connectivity index (χ1n) is 8.56. The lowest BCUT2D eigenvalue weighted by Gasteiger charge is -2.35. The fourth-order valence-electron chi connectivity index (χ4n) is 3.59. The molecule has 3 heterocycles. The van der Waals surface area contributed by atoms with Crippen molar-refractivity contribution in [2.75, 3.05) is 13.1 Å². The molecule has 7 heteroatoms. The molecule has 2 aliphatic rings. The summed E-state index contributed by atoms with van der Waals surface area (Å²) in [6.45, 7) is 4.71. The summed E-state index contributed by atoms with van der Waals surface area (Å²) in [7, 11) is 0. The average molecular weight is 330 g/mol. The molecule has 1 fully saturated rings. The van der Waals surface area contributed by atoms with Crippen molar-refractivity contribution in [3.8, 4) is 0 Å². The van der Waals surface area contributed by atoms with Gasteiger partial charge in [0.25, 0.3) is 11.8 Å². The molecular weight excluding hydrogens is 308 g/mol. The number of aromatic nitrogens is 3. The summed E-state index contributed by atoms with van der Waals surface area (Å²) in [5.41, 5.74) is 3.18. The third kappa shape index (κ3) is 2.84. The molecule has 0 saturated carbocycles. The van der Waals surface area contributed by atoms with Crippen molar-refractivity contribution < 1.29 is 14.1 Å². The lowest BCUT2D eigenvalue weighted by Crippen LogP contribution is -2.46. The maximum atomic E-state index is 12.9. The second kappa shape index (κ2) is 6.05. The van der Waals surface area contributed by atoms with E-state index in [0.717, 1.165) is 12.8 Å². The Morgan fingerprint density at radius 3 is 2.92 bits per heavy atom. The fraction of sp³-hybridized carbons (Fsp3) is 0.588. The first-order valence-corrected chi connectivity index (χ1v) is 8.56. The smallest absolute Gasteiger partial charge is 0.270 e.